The van der Waals surface area contributed by atoms with Crippen LogP contribution < -0.4 is 10.4 Å². The number of hydrogen-bond donors (Lipinski definition) is 0. The Morgan fingerprint density at radius 2 is 1.11 bits per heavy atom. The summed E-state index contributed by atoms with van der Waals surface area (Å²) < 4.78 is 0. The van der Waals surface area contributed by atoms with E-state index in [4.69, 9.17) is 0 Å². The molecular formula is C18H20Si. The van der Waals surface area contributed by atoms with E-state index < -0.39 is 9.52 Å². The number of rotatable bonds is 4. The first-order valence-electron chi connectivity index (χ1n) is 6.57. The summed E-state index contributed by atoms with van der Waals surface area (Å²) in [6, 6.07) is 17.3. The van der Waals surface area contributed by atoms with Gasteiger partial charge in [-0.05, 0) is 25.0 Å². The van der Waals surface area contributed by atoms with Crippen LogP contribution in [0, 0.1) is 0 Å². The van der Waals surface area contributed by atoms with Gasteiger partial charge in [-0.3, -0.25) is 0 Å². The van der Waals surface area contributed by atoms with E-state index in [-0.39, 0.29) is 0 Å². The van der Waals surface area contributed by atoms with Crippen molar-refractivity contribution in [1.29, 1.82) is 0 Å². The van der Waals surface area contributed by atoms with E-state index in [1.807, 2.05) is 0 Å². The van der Waals surface area contributed by atoms with Gasteiger partial charge >= 0.3 is 0 Å². The van der Waals surface area contributed by atoms with Crippen molar-refractivity contribution < 1.29 is 0 Å². The van der Waals surface area contributed by atoms with Crippen molar-refractivity contribution in [2.45, 2.75) is 13.8 Å². The molecule has 96 valence electrons. The minimum Gasteiger partial charge on any atom is -0.0955 e. The van der Waals surface area contributed by atoms with Gasteiger partial charge in [0.15, 0.2) is 0 Å². The second-order valence-corrected chi connectivity index (χ2v) is 6.93. The number of allylic oxidation sites excluding steroid dienone is 2. The molecule has 0 heterocycles. The zero-order valence-electron chi connectivity index (χ0n) is 11.7. The molecule has 0 nitrogen and oxygen atoms in total. The lowest BCUT2D eigenvalue weighted by Gasteiger charge is -2.12. The lowest BCUT2D eigenvalue weighted by atomic mass is 10.1. The molecule has 0 radical (unpaired) electrons. The fourth-order valence-electron chi connectivity index (χ4n) is 2.39. The summed E-state index contributed by atoms with van der Waals surface area (Å²) in [5.41, 5.74) is 4.92. The van der Waals surface area contributed by atoms with Gasteiger partial charge in [0.25, 0.3) is 0 Å². The maximum Gasteiger partial charge on any atom is 0.0891 e. The van der Waals surface area contributed by atoms with Crippen molar-refractivity contribution in [3.05, 3.63) is 72.8 Å². The summed E-state index contributed by atoms with van der Waals surface area (Å²) >= 11 is 0. The third kappa shape index (κ3) is 3.12. The quantitative estimate of drug-likeness (QED) is 0.745. The van der Waals surface area contributed by atoms with Gasteiger partial charge in [-0.15, -0.1) is 0 Å². The maximum absolute atomic E-state index is 4.09. The molecule has 0 amide bonds. The summed E-state index contributed by atoms with van der Waals surface area (Å²) in [6.07, 6.45) is 0. The van der Waals surface area contributed by atoms with E-state index in [0.29, 0.717) is 0 Å². The van der Waals surface area contributed by atoms with E-state index in [2.05, 4.69) is 75.5 Å². The maximum atomic E-state index is 4.09. The SMILES string of the molecule is C=C(C)c1ccccc1[SiH2]c1ccccc1C(=C)C. The molecule has 1 heteroatoms. The number of hydrogen-bond acceptors (Lipinski definition) is 0. The Bertz CT molecular complexity index is 568. The second-order valence-electron chi connectivity index (χ2n) is 5.05. The van der Waals surface area contributed by atoms with Crippen LogP contribution in [0.3, 0.4) is 0 Å². The average molecular weight is 264 g/mol. The normalized spacial score (nSPS) is 10.2. The van der Waals surface area contributed by atoms with Crippen LogP contribution >= 0.6 is 0 Å². The Kier molecular flexibility index (Phi) is 4.18. The molecule has 2 aromatic carbocycles. The fourth-order valence-corrected chi connectivity index (χ4v) is 4.53. The molecule has 0 bridgehead atoms. The molecule has 0 aliphatic heterocycles. The van der Waals surface area contributed by atoms with Gasteiger partial charge in [-0.25, -0.2) is 0 Å². The molecule has 0 saturated heterocycles. The van der Waals surface area contributed by atoms with Crippen LogP contribution in [0.25, 0.3) is 11.1 Å². The van der Waals surface area contributed by atoms with Gasteiger partial charge < -0.3 is 0 Å². The fraction of sp³-hybridized carbons (Fsp3) is 0.111. The van der Waals surface area contributed by atoms with Crippen molar-refractivity contribution >= 4 is 31.0 Å². The molecule has 0 N–H and O–H groups in total. The standard InChI is InChI=1S/C18H20Si/c1-13(2)15-9-5-7-11-17(15)19-18-12-8-6-10-16(18)14(3)4/h5-12H,1,3,19H2,2,4H3. The van der Waals surface area contributed by atoms with Gasteiger partial charge in [0.05, 0.1) is 9.52 Å². The zero-order chi connectivity index (χ0) is 13.8. The Labute approximate surface area is 118 Å². The minimum atomic E-state index is -0.499. The second kappa shape index (κ2) is 5.85. The molecule has 2 aromatic rings. The third-order valence-electron chi connectivity index (χ3n) is 3.34. The summed E-state index contributed by atoms with van der Waals surface area (Å²) in [5.74, 6) is 0. The van der Waals surface area contributed by atoms with E-state index in [1.165, 1.54) is 21.5 Å². The van der Waals surface area contributed by atoms with Crippen LogP contribution in [0.4, 0.5) is 0 Å². The summed E-state index contributed by atoms with van der Waals surface area (Å²) in [4.78, 5) is 0. The lowest BCUT2D eigenvalue weighted by molar-refractivity contribution is 1.61. The Morgan fingerprint density at radius 1 is 0.737 bits per heavy atom. The molecule has 0 aliphatic rings. The van der Waals surface area contributed by atoms with Crippen LogP contribution in [0.5, 0.6) is 0 Å². The number of benzene rings is 2. The minimum absolute atomic E-state index is 0.499. The largest absolute Gasteiger partial charge is 0.0955 e. The Hall–Kier alpha value is -1.86. The van der Waals surface area contributed by atoms with Gasteiger partial charge in [0.1, 0.15) is 0 Å². The molecular weight excluding hydrogens is 244 g/mol. The molecule has 0 unspecified atom stereocenters. The first kappa shape index (κ1) is 13.6. The molecule has 0 aliphatic carbocycles. The Balaban J connectivity index is 2.42. The topological polar surface area (TPSA) is 0 Å². The van der Waals surface area contributed by atoms with E-state index in [1.54, 1.807) is 0 Å². The van der Waals surface area contributed by atoms with E-state index in [0.717, 1.165) is 11.1 Å². The van der Waals surface area contributed by atoms with E-state index >= 15 is 0 Å². The highest BCUT2D eigenvalue weighted by atomic mass is 28.2. The third-order valence-corrected chi connectivity index (χ3v) is 5.33. The molecule has 2 rings (SSSR count). The molecule has 19 heavy (non-hydrogen) atoms. The lowest BCUT2D eigenvalue weighted by Crippen LogP contribution is -2.31. The Morgan fingerprint density at radius 3 is 1.47 bits per heavy atom. The monoisotopic (exact) mass is 264 g/mol. The van der Waals surface area contributed by atoms with Crippen molar-refractivity contribution in [1.82, 2.24) is 0 Å². The van der Waals surface area contributed by atoms with Crippen LogP contribution in [0.2, 0.25) is 0 Å². The van der Waals surface area contributed by atoms with Gasteiger partial charge in [0.2, 0.25) is 0 Å². The summed E-state index contributed by atoms with van der Waals surface area (Å²) in [6.45, 7) is 12.3. The van der Waals surface area contributed by atoms with Crippen molar-refractivity contribution in [3.63, 3.8) is 0 Å². The van der Waals surface area contributed by atoms with Crippen molar-refractivity contribution in [2.24, 2.45) is 0 Å². The highest BCUT2D eigenvalue weighted by Crippen LogP contribution is 2.10. The van der Waals surface area contributed by atoms with Crippen LogP contribution in [0.15, 0.2) is 61.7 Å². The van der Waals surface area contributed by atoms with Gasteiger partial charge in [-0.1, -0.05) is 83.2 Å². The summed E-state index contributed by atoms with van der Waals surface area (Å²) in [5, 5.41) is 2.92. The first-order valence-corrected chi connectivity index (χ1v) is 7.98. The molecule has 0 fully saturated rings. The molecule has 0 saturated carbocycles. The molecule has 0 spiro atoms. The summed E-state index contributed by atoms with van der Waals surface area (Å²) in [7, 11) is -0.499. The smallest absolute Gasteiger partial charge is 0.0891 e. The van der Waals surface area contributed by atoms with Gasteiger partial charge in [-0.2, -0.15) is 0 Å². The first-order chi connectivity index (χ1) is 9.09. The molecule has 0 atom stereocenters. The van der Waals surface area contributed by atoms with Crippen LogP contribution in [0.1, 0.15) is 25.0 Å². The predicted molar refractivity (Wildman–Crippen MR) is 90.1 cm³/mol. The zero-order valence-corrected chi connectivity index (χ0v) is 13.2. The highest BCUT2D eigenvalue weighted by Gasteiger charge is 2.07. The molecule has 0 aromatic heterocycles. The van der Waals surface area contributed by atoms with E-state index in [9.17, 15) is 0 Å². The predicted octanol–water partition coefficient (Wildman–Crippen LogP) is 2.87. The van der Waals surface area contributed by atoms with Crippen molar-refractivity contribution in [2.75, 3.05) is 0 Å². The highest BCUT2D eigenvalue weighted by molar-refractivity contribution is 6.69. The van der Waals surface area contributed by atoms with Crippen LogP contribution in [-0.2, 0) is 0 Å². The average Bonchev–Trinajstić information content (AvgIpc) is 2.39. The van der Waals surface area contributed by atoms with Crippen LogP contribution in [-0.4, -0.2) is 9.52 Å². The van der Waals surface area contributed by atoms with Gasteiger partial charge in [0, 0.05) is 0 Å². The van der Waals surface area contributed by atoms with Crippen molar-refractivity contribution in [3.8, 4) is 0 Å².